The SMILES string of the molecule is c1ccc(C2(Cn3cncn3)COC(c3ccc(-c4ccoc4)cc3)=N2)cc1. The molecular weight excluding hydrogens is 352 g/mol. The zero-order valence-corrected chi connectivity index (χ0v) is 15.1. The van der Waals surface area contributed by atoms with Crippen molar-refractivity contribution in [1.29, 1.82) is 0 Å². The zero-order chi connectivity index (χ0) is 18.8. The molecule has 1 aliphatic rings. The Labute approximate surface area is 162 Å². The molecule has 5 rings (SSSR count). The minimum Gasteiger partial charge on any atom is -0.474 e. The van der Waals surface area contributed by atoms with Crippen LogP contribution in [0.2, 0.25) is 0 Å². The average molecular weight is 370 g/mol. The molecule has 0 aliphatic carbocycles. The summed E-state index contributed by atoms with van der Waals surface area (Å²) in [6, 6.07) is 20.3. The van der Waals surface area contributed by atoms with Crippen LogP contribution in [0.15, 0.2) is 95.3 Å². The van der Waals surface area contributed by atoms with E-state index < -0.39 is 5.54 Å². The molecule has 6 heteroatoms. The van der Waals surface area contributed by atoms with Gasteiger partial charge in [0.1, 0.15) is 24.8 Å². The van der Waals surface area contributed by atoms with Crippen molar-refractivity contribution >= 4 is 5.90 Å². The van der Waals surface area contributed by atoms with Crippen molar-refractivity contribution in [1.82, 2.24) is 14.8 Å². The molecule has 0 spiro atoms. The molecule has 0 saturated heterocycles. The van der Waals surface area contributed by atoms with Crippen LogP contribution < -0.4 is 0 Å². The maximum absolute atomic E-state index is 6.06. The third-order valence-electron chi connectivity index (χ3n) is 4.95. The third kappa shape index (κ3) is 2.99. The number of hydrogen-bond donors (Lipinski definition) is 0. The van der Waals surface area contributed by atoms with Gasteiger partial charge in [0.15, 0.2) is 0 Å². The first kappa shape index (κ1) is 16.5. The van der Waals surface area contributed by atoms with Crippen molar-refractivity contribution in [3.63, 3.8) is 0 Å². The van der Waals surface area contributed by atoms with Gasteiger partial charge in [-0.2, -0.15) is 5.10 Å². The van der Waals surface area contributed by atoms with Crippen LogP contribution in [0.5, 0.6) is 0 Å². The van der Waals surface area contributed by atoms with E-state index >= 15 is 0 Å². The van der Waals surface area contributed by atoms with Gasteiger partial charge in [0.2, 0.25) is 5.90 Å². The quantitative estimate of drug-likeness (QED) is 0.534. The molecule has 1 aliphatic heterocycles. The van der Waals surface area contributed by atoms with Crippen molar-refractivity contribution in [3.05, 3.63) is 97.0 Å². The Hall–Kier alpha value is -3.67. The van der Waals surface area contributed by atoms with Gasteiger partial charge in [0.25, 0.3) is 0 Å². The predicted molar refractivity (Wildman–Crippen MR) is 105 cm³/mol. The summed E-state index contributed by atoms with van der Waals surface area (Å²) in [6.45, 7) is 1.02. The lowest BCUT2D eigenvalue weighted by molar-refractivity contribution is 0.230. The third-order valence-corrected chi connectivity index (χ3v) is 4.95. The molecule has 3 heterocycles. The summed E-state index contributed by atoms with van der Waals surface area (Å²) in [6.07, 6.45) is 6.65. The summed E-state index contributed by atoms with van der Waals surface area (Å²) in [5.74, 6) is 0.641. The summed E-state index contributed by atoms with van der Waals surface area (Å²) in [4.78, 5) is 9.07. The molecule has 0 amide bonds. The summed E-state index contributed by atoms with van der Waals surface area (Å²) in [7, 11) is 0. The molecule has 28 heavy (non-hydrogen) atoms. The van der Waals surface area contributed by atoms with Gasteiger partial charge in [-0.25, -0.2) is 9.98 Å². The molecule has 2 aromatic heterocycles. The van der Waals surface area contributed by atoms with E-state index in [2.05, 4.69) is 22.2 Å². The molecule has 1 unspecified atom stereocenters. The smallest absolute Gasteiger partial charge is 0.217 e. The van der Waals surface area contributed by atoms with Gasteiger partial charge in [-0.05, 0) is 29.3 Å². The van der Waals surface area contributed by atoms with E-state index in [4.69, 9.17) is 14.1 Å². The van der Waals surface area contributed by atoms with E-state index in [1.807, 2.05) is 48.5 Å². The van der Waals surface area contributed by atoms with Crippen LogP contribution in [0.4, 0.5) is 0 Å². The Balaban J connectivity index is 1.50. The summed E-state index contributed by atoms with van der Waals surface area (Å²) in [5, 5.41) is 4.26. The minimum atomic E-state index is -0.534. The van der Waals surface area contributed by atoms with Crippen LogP contribution in [-0.4, -0.2) is 27.3 Å². The molecule has 0 N–H and O–H groups in total. The number of rotatable bonds is 5. The number of ether oxygens (including phenoxy) is 1. The zero-order valence-electron chi connectivity index (χ0n) is 15.1. The van der Waals surface area contributed by atoms with E-state index in [-0.39, 0.29) is 0 Å². The minimum absolute atomic E-state index is 0.454. The van der Waals surface area contributed by atoms with Crippen LogP contribution in [0, 0.1) is 0 Å². The van der Waals surface area contributed by atoms with E-state index in [9.17, 15) is 0 Å². The Morgan fingerprint density at radius 3 is 2.46 bits per heavy atom. The Morgan fingerprint density at radius 1 is 0.929 bits per heavy atom. The van der Waals surface area contributed by atoms with Crippen molar-refractivity contribution in [2.75, 3.05) is 6.61 Å². The molecule has 138 valence electrons. The number of nitrogens with zero attached hydrogens (tertiary/aromatic N) is 4. The lowest BCUT2D eigenvalue weighted by atomic mass is 9.91. The summed E-state index contributed by atoms with van der Waals surface area (Å²) >= 11 is 0. The van der Waals surface area contributed by atoms with E-state index in [1.54, 1.807) is 23.5 Å². The molecular formula is C22H18N4O2. The topological polar surface area (TPSA) is 65.4 Å². The molecule has 1 atom stereocenters. The van der Waals surface area contributed by atoms with Gasteiger partial charge in [-0.1, -0.05) is 42.5 Å². The monoisotopic (exact) mass is 370 g/mol. The highest BCUT2D eigenvalue weighted by molar-refractivity contribution is 5.96. The van der Waals surface area contributed by atoms with E-state index in [1.165, 1.54) is 6.33 Å². The fourth-order valence-corrected chi connectivity index (χ4v) is 3.48. The molecule has 0 saturated carbocycles. The van der Waals surface area contributed by atoms with Crippen LogP contribution >= 0.6 is 0 Å². The fourth-order valence-electron chi connectivity index (χ4n) is 3.48. The molecule has 6 nitrogen and oxygen atoms in total. The number of furan rings is 1. The lowest BCUT2D eigenvalue weighted by Crippen LogP contribution is -2.31. The molecule has 0 fully saturated rings. The van der Waals surface area contributed by atoms with Gasteiger partial charge in [-0.15, -0.1) is 0 Å². The largest absolute Gasteiger partial charge is 0.474 e. The summed E-state index contributed by atoms with van der Waals surface area (Å²) in [5.41, 5.74) is 3.64. The van der Waals surface area contributed by atoms with Gasteiger partial charge < -0.3 is 9.15 Å². The molecule has 0 radical (unpaired) electrons. The van der Waals surface area contributed by atoms with Gasteiger partial charge in [0, 0.05) is 11.1 Å². The van der Waals surface area contributed by atoms with E-state index in [0.717, 1.165) is 22.3 Å². The molecule has 0 bridgehead atoms. The highest BCUT2D eigenvalue weighted by atomic mass is 16.5. The second kappa shape index (κ2) is 6.81. The Kier molecular flexibility index (Phi) is 4.01. The van der Waals surface area contributed by atoms with Crippen molar-refractivity contribution < 1.29 is 9.15 Å². The number of aliphatic imine (C=N–C) groups is 1. The first-order chi connectivity index (χ1) is 13.8. The standard InChI is InChI=1S/C22H18N4O2/c1-2-4-20(5-3-1)22(13-26-16-23-15-24-26)14-28-21(25-22)18-8-6-17(7-9-18)19-10-11-27-12-19/h1-12,15-16H,13-14H2. The molecule has 2 aromatic carbocycles. The average Bonchev–Trinajstić information content (AvgIpc) is 3.52. The number of benzene rings is 2. The van der Waals surface area contributed by atoms with Gasteiger partial charge in [-0.3, -0.25) is 4.68 Å². The summed E-state index contributed by atoms with van der Waals surface area (Å²) < 4.78 is 13.0. The first-order valence-corrected chi connectivity index (χ1v) is 9.06. The van der Waals surface area contributed by atoms with Crippen molar-refractivity contribution in [2.45, 2.75) is 12.1 Å². The maximum Gasteiger partial charge on any atom is 0.217 e. The number of hydrogen-bond acceptors (Lipinski definition) is 5. The highest BCUT2D eigenvalue weighted by Gasteiger charge is 2.39. The Bertz CT molecular complexity index is 1070. The Morgan fingerprint density at radius 2 is 1.75 bits per heavy atom. The van der Waals surface area contributed by atoms with Crippen LogP contribution in [-0.2, 0) is 16.8 Å². The maximum atomic E-state index is 6.06. The lowest BCUT2D eigenvalue weighted by Gasteiger charge is -2.24. The predicted octanol–water partition coefficient (Wildman–Crippen LogP) is 3.91. The first-order valence-electron chi connectivity index (χ1n) is 9.06. The van der Waals surface area contributed by atoms with E-state index in [0.29, 0.717) is 19.0 Å². The van der Waals surface area contributed by atoms with Gasteiger partial charge in [0.05, 0.1) is 19.1 Å². The van der Waals surface area contributed by atoms with Crippen molar-refractivity contribution in [2.24, 2.45) is 4.99 Å². The molecule has 4 aromatic rings. The second-order valence-electron chi connectivity index (χ2n) is 6.79. The van der Waals surface area contributed by atoms with Crippen LogP contribution in [0.1, 0.15) is 11.1 Å². The van der Waals surface area contributed by atoms with Crippen LogP contribution in [0.3, 0.4) is 0 Å². The van der Waals surface area contributed by atoms with Crippen LogP contribution in [0.25, 0.3) is 11.1 Å². The normalized spacial score (nSPS) is 18.6. The number of aromatic nitrogens is 3. The fraction of sp³-hybridized carbons (Fsp3) is 0.136. The second-order valence-corrected chi connectivity index (χ2v) is 6.79. The van der Waals surface area contributed by atoms with Gasteiger partial charge >= 0.3 is 0 Å². The van der Waals surface area contributed by atoms with Crippen molar-refractivity contribution in [3.8, 4) is 11.1 Å². The highest BCUT2D eigenvalue weighted by Crippen LogP contribution is 2.34.